The third kappa shape index (κ3) is 5.80. The minimum Gasteiger partial charge on any atom is -0.487 e. The van der Waals surface area contributed by atoms with Crippen molar-refractivity contribution in [2.75, 3.05) is 5.75 Å². The van der Waals surface area contributed by atoms with E-state index >= 15 is 0 Å². The summed E-state index contributed by atoms with van der Waals surface area (Å²) in [6.45, 7) is 1.95. The second-order valence-corrected chi connectivity index (χ2v) is 8.68. The lowest BCUT2D eigenvalue weighted by molar-refractivity contribution is -0.149. The molecule has 2 unspecified atom stereocenters. The summed E-state index contributed by atoms with van der Waals surface area (Å²) in [4.78, 5) is 13.1. The van der Waals surface area contributed by atoms with Crippen LogP contribution in [0.25, 0.3) is 11.1 Å². The average molecular weight is 431 g/mol. The normalized spacial score (nSPS) is 16.9. The number of cyclic esters (lactones) is 1. The zero-order chi connectivity index (χ0) is 21.5. The van der Waals surface area contributed by atoms with E-state index in [2.05, 4.69) is 24.3 Å². The Morgan fingerprint density at radius 2 is 1.58 bits per heavy atom. The highest BCUT2D eigenvalue weighted by molar-refractivity contribution is 8.03. The molecule has 3 nitrogen and oxygen atoms in total. The number of thioether (sulfide) groups is 1. The summed E-state index contributed by atoms with van der Waals surface area (Å²) in [5.74, 6) is 1.38. The molecule has 0 bridgehead atoms. The van der Waals surface area contributed by atoms with Crippen LogP contribution < -0.4 is 4.74 Å². The Kier molecular flexibility index (Phi) is 7.11. The Hall–Kier alpha value is -2.98. The first-order chi connectivity index (χ1) is 15.2. The van der Waals surface area contributed by atoms with Crippen LogP contribution in [-0.4, -0.2) is 23.9 Å². The van der Waals surface area contributed by atoms with E-state index in [9.17, 15) is 4.79 Å². The number of esters is 1. The van der Waals surface area contributed by atoms with Gasteiger partial charge in [-0.3, -0.25) is 0 Å². The van der Waals surface area contributed by atoms with Crippen molar-refractivity contribution in [2.24, 2.45) is 0 Å². The Labute approximate surface area is 188 Å². The van der Waals surface area contributed by atoms with E-state index in [1.54, 1.807) is 11.8 Å². The largest absolute Gasteiger partial charge is 0.487 e. The molecule has 0 saturated heterocycles. The second-order valence-electron chi connectivity index (χ2n) is 7.55. The first-order valence-corrected chi connectivity index (χ1v) is 11.6. The van der Waals surface area contributed by atoms with E-state index in [-0.39, 0.29) is 18.2 Å². The highest BCUT2D eigenvalue weighted by atomic mass is 32.2. The maximum absolute atomic E-state index is 12.4. The van der Waals surface area contributed by atoms with Crippen molar-refractivity contribution in [2.45, 2.75) is 32.0 Å². The maximum atomic E-state index is 12.4. The van der Waals surface area contributed by atoms with Crippen LogP contribution >= 0.6 is 11.8 Å². The molecular formula is C27H26O3S. The summed E-state index contributed by atoms with van der Waals surface area (Å²) in [6.07, 6.45) is 3.09. The Bertz CT molecular complexity index is 1010. The van der Waals surface area contributed by atoms with Crippen molar-refractivity contribution in [1.82, 2.24) is 0 Å². The molecule has 0 aromatic heterocycles. The smallest absolute Gasteiger partial charge is 0.344 e. The molecular weight excluding hydrogens is 404 g/mol. The van der Waals surface area contributed by atoms with Crippen LogP contribution in [0.15, 0.2) is 95.9 Å². The quantitative estimate of drug-likeness (QED) is 0.393. The molecule has 158 valence electrons. The molecule has 31 heavy (non-hydrogen) atoms. The molecule has 3 aromatic carbocycles. The van der Waals surface area contributed by atoms with Crippen molar-refractivity contribution in [1.29, 1.82) is 0 Å². The van der Waals surface area contributed by atoms with Crippen LogP contribution in [0.5, 0.6) is 5.75 Å². The van der Waals surface area contributed by atoms with Gasteiger partial charge in [0.25, 0.3) is 0 Å². The number of carbonyl (C=O) groups is 1. The molecule has 2 atom stereocenters. The van der Waals surface area contributed by atoms with Gasteiger partial charge in [0.05, 0.1) is 4.91 Å². The zero-order valence-corrected chi connectivity index (χ0v) is 18.4. The number of rotatable bonds is 8. The first kappa shape index (κ1) is 21.3. The molecule has 4 rings (SSSR count). The topological polar surface area (TPSA) is 35.5 Å². The fraction of sp³-hybridized carbons (Fsp3) is 0.222. The number of carbonyl (C=O) groups excluding carboxylic acids is 1. The van der Waals surface area contributed by atoms with Gasteiger partial charge in [-0.2, -0.15) is 0 Å². The summed E-state index contributed by atoms with van der Waals surface area (Å²) in [7, 11) is 0. The van der Waals surface area contributed by atoms with Gasteiger partial charge in [-0.05, 0) is 42.2 Å². The van der Waals surface area contributed by atoms with Gasteiger partial charge >= 0.3 is 5.97 Å². The highest BCUT2D eigenvalue weighted by Crippen LogP contribution is 2.28. The summed E-state index contributed by atoms with van der Waals surface area (Å²) in [5, 5.41) is 0. The van der Waals surface area contributed by atoms with E-state index < -0.39 is 0 Å². The molecule has 0 amide bonds. The minimum absolute atomic E-state index is 0.223. The molecule has 4 heteroatoms. The third-order valence-electron chi connectivity index (χ3n) is 5.29. The molecule has 0 spiro atoms. The Morgan fingerprint density at radius 1 is 0.935 bits per heavy atom. The molecule has 0 radical (unpaired) electrons. The number of benzene rings is 3. The molecule has 0 aliphatic carbocycles. The van der Waals surface area contributed by atoms with E-state index in [4.69, 9.17) is 9.47 Å². The average Bonchev–Trinajstić information content (AvgIpc) is 2.82. The standard InChI is InChI=1S/C27H26O3S/c1-20(29-24-14-12-23(13-15-24)22-10-6-3-7-11-22)25-16-17-26(27(28)30-25)31-19-18-21-8-4-2-5-9-21/h2-15,17,20,25H,16,18-19H2,1H3. The summed E-state index contributed by atoms with van der Waals surface area (Å²) in [6, 6.07) is 28.6. The SMILES string of the molecule is CC(Oc1ccc(-c2ccccc2)cc1)C1CC=C(SCCc2ccccc2)C(=O)O1. The van der Waals surface area contributed by atoms with E-state index in [0.717, 1.165) is 23.5 Å². The van der Waals surface area contributed by atoms with E-state index in [1.165, 1.54) is 11.1 Å². The van der Waals surface area contributed by atoms with Gasteiger partial charge in [-0.25, -0.2) is 4.79 Å². The van der Waals surface area contributed by atoms with Crippen molar-refractivity contribution in [3.63, 3.8) is 0 Å². The first-order valence-electron chi connectivity index (χ1n) is 10.6. The number of aryl methyl sites for hydroxylation is 1. The van der Waals surface area contributed by atoms with Crippen LogP contribution in [0.2, 0.25) is 0 Å². The van der Waals surface area contributed by atoms with Gasteiger partial charge in [0.15, 0.2) is 0 Å². The summed E-state index contributed by atoms with van der Waals surface area (Å²) in [5.41, 5.74) is 3.59. The molecule has 0 saturated carbocycles. The van der Waals surface area contributed by atoms with Crippen LogP contribution in [0.1, 0.15) is 18.9 Å². The second kappa shape index (κ2) is 10.4. The van der Waals surface area contributed by atoms with Crippen LogP contribution in [0.3, 0.4) is 0 Å². The number of ether oxygens (including phenoxy) is 2. The fourth-order valence-corrected chi connectivity index (χ4v) is 4.46. The van der Waals surface area contributed by atoms with Crippen LogP contribution in [0, 0.1) is 0 Å². The molecule has 1 aliphatic rings. The zero-order valence-electron chi connectivity index (χ0n) is 17.6. The van der Waals surface area contributed by atoms with Crippen molar-refractivity contribution < 1.29 is 14.3 Å². The molecule has 1 heterocycles. The lowest BCUT2D eigenvalue weighted by Gasteiger charge is -2.27. The molecule has 0 fully saturated rings. The summed E-state index contributed by atoms with van der Waals surface area (Å²) >= 11 is 1.56. The third-order valence-corrected chi connectivity index (χ3v) is 6.35. The summed E-state index contributed by atoms with van der Waals surface area (Å²) < 4.78 is 11.7. The van der Waals surface area contributed by atoms with Gasteiger partial charge in [-0.15, -0.1) is 11.8 Å². The van der Waals surface area contributed by atoms with Gasteiger partial charge in [0, 0.05) is 12.2 Å². The maximum Gasteiger partial charge on any atom is 0.344 e. The van der Waals surface area contributed by atoms with E-state index in [1.807, 2.05) is 73.7 Å². The van der Waals surface area contributed by atoms with Gasteiger partial charge in [-0.1, -0.05) is 78.9 Å². The van der Waals surface area contributed by atoms with E-state index in [0.29, 0.717) is 11.3 Å². The fourth-order valence-electron chi connectivity index (χ4n) is 3.53. The van der Waals surface area contributed by atoms with Crippen LogP contribution in [0.4, 0.5) is 0 Å². The van der Waals surface area contributed by atoms with Crippen molar-refractivity contribution in [3.8, 4) is 16.9 Å². The monoisotopic (exact) mass is 430 g/mol. The molecule has 3 aromatic rings. The highest BCUT2D eigenvalue weighted by Gasteiger charge is 2.28. The lowest BCUT2D eigenvalue weighted by atomic mass is 10.1. The molecule has 0 N–H and O–H groups in total. The number of hydrogen-bond acceptors (Lipinski definition) is 4. The number of hydrogen-bond donors (Lipinski definition) is 0. The predicted molar refractivity (Wildman–Crippen MR) is 127 cm³/mol. The predicted octanol–water partition coefficient (Wildman–Crippen LogP) is 6.30. The Morgan fingerprint density at radius 3 is 2.26 bits per heavy atom. The lowest BCUT2D eigenvalue weighted by Crippen LogP contribution is -2.35. The van der Waals surface area contributed by atoms with Crippen molar-refractivity contribution in [3.05, 3.63) is 101 Å². The van der Waals surface area contributed by atoms with Crippen LogP contribution in [-0.2, 0) is 16.0 Å². The van der Waals surface area contributed by atoms with Crippen molar-refractivity contribution >= 4 is 17.7 Å². The molecule has 1 aliphatic heterocycles. The van der Waals surface area contributed by atoms with Gasteiger partial charge in [0.2, 0.25) is 0 Å². The Balaban J connectivity index is 1.28. The van der Waals surface area contributed by atoms with Gasteiger partial charge < -0.3 is 9.47 Å². The minimum atomic E-state index is -0.278. The van der Waals surface area contributed by atoms with Gasteiger partial charge in [0.1, 0.15) is 18.0 Å².